The number of halogens is 2. The summed E-state index contributed by atoms with van der Waals surface area (Å²) >= 11 is 13.2. The molecule has 2 aliphatic rings. The van der Waals surface area contributed by atoms with Crippen molar-refractivity contribution in [2.45, 2.75) is 33.1 Å². The lowest BCUT2D eigenvalue weighted by atomic mass is 9.78. The highest BCUT2D eigenvalue weighted by atomic mass is 35.5. The first-order valence-electron chi connectivity index (χ1n) is 12.6. The van der Waals surface area contributed by atoms with Crippen molar-refractivity contribution in [2.24, 2.45) is 5.41 Å². The number of aryl methyl sites for hydroxylation is 1. The SMILES string of the molecule is CNC(=O)c1ccc(Oc2ccc(-n3c(C)nc(N4CCC5(CCOC5)CC4)c(C)c3=O)c(Cl)c2Cl)cc1. The van der Waals surface area contributed by atoms with Crippen molar-refractivity contribution >= 4 is 34.9 Å². The van der Waals surface area contributed by atoms with Gasteiger partial charge in [0.15, 0.2) is 0 Å². The number of rotatable bonds is 5. The molecule has 0 unspecified atom stereocenters. The number of anilines is 1. The predicted octanol–water partition coefficient (Wildman–Crippen LogP) is 5.31. The van der Waals surface area contributed by atoms with E-state index >= 15 is 0 Å². The van der Waals surface area contributed by atoms with E-state index in [1.165, 1.54) is 4.57 Å². The van der Waals surface area contributed by atoms with Crippen LogP contribution in [0.5, 0.6) is 11.5 Å². The van der Waals surface area contributed by atoms with Gasteiger partial charge < -0.3 is 19.7 Å². The third kappa shape index (κ3) is 4.88. The molecule has 0 bridgehead atoms. The molecule has 38 heavy (non-hydrogen) atoms. The van der Waals surface area contributed by atoms with E-state index < -0.39 is 0 Å². The highest BCUT2D eigenvalue weighted by Gasteiger charge is 2.38. The molecule has 10 heteroatoms. The van der Waals surface area contributed by atoms with E-state index in [0.29, 0.717) is 34.1 Å². The molecule has 2 saturated heterocycles. The molecule has 1 spiro atoms. The van der Waals surface area contributed by atoms with Crippen molar-refractivity contribution in [3.05, 3.63) is 73.7 Å². The molecule has 200 valence electrons. The zero-order valence-electron chi connectivity index (χ0n) is 21.6. The molecule has 2 aromatic carbocycles. The summed E-state index contributed by atoms with van der Waals surface area (Å²) in [6.07, 6.45) is 3.18. The second-order valence-electron chi connectivity index (χ2n) is 9.95. The minimum absolute atomic E-state index is 0.174. The summed E-state index contributed by atoms with van der Waals surface area (Å²) in [7, 11) is 1.57. The molecule has 3 aromatic rings. The van der Waals surface area contributed by atoms with Crippen LogP contribution in [-0.4, -0.2) is 48.8 Å². The van der Waals surface area contributed by atoms with Crippen molar-refractivity contribution in [3.8, 4) is 17.2 Å². The molecular weight excluding hydrogens is 527 g/mol. The van der Waals surface area contributed by atoms with Gasteiger partial charge in [-0.3, -0.25) is 14.2 Å². The second-order valence-corrected chi connectivity index (χ2v) is 10.7. The Morgan fingerprint density at radius 3 is 2.39 bits per heavy atom. The van der Waals surface area contributed by atoms with Crippen molar-refractivity contribution in [3.63, 3.8) is 0 Å². The van der Waals surface area contributed by atoms with E-state index in [2.05, 4.69) is 10.2 Å². The van der Waals surface area contributed by atoms with Crippen LogP contribution in [0, 0.1) is 19.3 Å². The van der Waals surface area contributed by atoms with Crippen LogP contribution in [-0.2, 0) is 4.74 Å². The van der Waals surface area contributed by atoms with E-state index in [1.54, 1.807) is 57.3 Å². The van der Waals surface area contributed by atoms with Crippen LogP contribution in [0.3, 0.4) is 0 Å². The van der Waals surface area contributed by atoms with E-state index in [4.69, 9.17) is 37.7 Å². The number of carbonyl (C=O) groups is 1. The number of carbonyl (C=O) groups excluding carboxylic acids is 1. The number of nitrogens with one attached hydrogen (secondary N) is 1. The fourth-order valence-electron chi connectivity index (χ4n) is 5.24. The minimum atomic E-state index is -0.190. The smallest absolute Gasteiger partial charge is 0.263 e. The maximum atomic E-state index is 13.6. The van der Waals surface area contributed by atoms with Gasteiger partial charge in [0.05, 0.1) is 22.9 Å². The first-order valence-corrected chi connectivity index (χ1v) is 13.4. The number of benzene rings is 2. The summed E-state index contributed by atoms with van der Waals surface area (Å²) in [5.41, 5.74) is 1.60. The summed E-state index contributed by atoms with van der Waals surface area (Å²) in [5, 5.41) is 2.94. The van der Waals surface area contributed by atoms with Gasteiger partial charge in [-0.25, -0.2) is 4.98 Å². The Kier molecular flexibility index (Phi) is 7.40. The van der Waals surface area contributed by atoms with Crippen LogP contribution < -0.4 is 20.5 Å². The Balaban J connectivity index is 1.40. The van der Waals surface area contributed by atoms with E-state index in [9.17, 15) is 9.59 Å². The fraction of sp³-hybridized carbons (Fsp3) is 0.393. The first-order chi connectivity index (χ1) is 18.2. The van der Waals surface area contributed by atoms with Gasteiger partial charge in [0.25, 0.3) is 11.5 Å². The van der Waals surface area contributed by atoms with Gasteiger partial charge in [0.2, 0.25) is 0 Å². The average Bonchev–Trinajstić information content (AvgIpc) is 3.38. The number of ether oxygens (including phenoxy) is 2. The van der Waals surface area contributed by atoms with Gasteiger partial charge in [0, 0.05) is 32.3 Å². The maximum Gasteiger partial charge on any atom is 0.263 e. The Hall–Kier alpha value is -3.07. The Bertz CT molecular complexity index is 1420. The number of hydrogen-bond acceptors (Lipinski definition) is 6. The third-order valence-corrected chi connectivity index (χ3v) is 8.45. The molecule has 1 aromatic heterocycles. The molecule has 0 atom stereocenters. The molecule has 0 aliphatic carbocycles. The number of piperidine rings is 1. The largest absolute Gasteiger partial charge is 0.456 e. The Morgan fingerprint density at radius 2 is 1.76 bits per heavy atom. The molecular formula is C28H30Cl2N4O4. The average molecular weight is 557 g/mol. The van der Waals surface area contributed by atoms with E-state index in [-0.39, 0.29) is 26.9 Å². The lowest BCUT2D eigenvalue weighted by Crippen LogP contribution is -2.42. The lowest BCUT2D eigenvalue weighted by Gasteiger charge is -2.39. The van der Waals surface area contributed by atoms with Gasteiger partial charge in [-0.1, -0.05) is 23.2 Å². The monoisotopic (exact) mass is 556 g/mol. The standard InChI is InChI=1S/C28H30Cl2N4O4/c1-17-25(33-13-10-28(11-14-33)12-15-37-16-28)32-18(2)34(27(17)36)21-8-9-22(24(30)23(21)29)38-20-6-4-19(5-7-20)26(35)31-3/h4-9H,10-16H2,1-3H3,(H,31,35). The van der Waals surface area contributed by atoms with Crippen LogP contribution in [0.15, 0.2) is 41.2 Å². The lowest BCUT2D eigenvalue weighted by molar-refractivity contribution is 0.0963. The van der Waals surface area contributed by atoms with Gasteiger partial charge >= 0.3 is 0 Å². The van der Waals surface area contributed by atoms with Crippen LogP contribution in [0.2, 0.25) is 10.0 Å². The molecule has 2 aliphatic heterocycles. The molecule has 1 N–H and O–H groups in total. The maximum absolute atomic E-state index is 13.6. The highest BCUT2D eigenvalue weighted by Crippen LogP contribution is 2.41. The zero-order chi connectivity index (χ0) is 27.0. The van der Waals surface area contributed by atoms with Crippen molar-refractivity contribution in [1.29, 1.82) is 0 Å². The van der Waals surface area contributed by atoms with Gasteiger partial charge in [-0.15, -0.1) is 0 Å². The van der Waals surface area contributed by atoms with Crippen LogP contribution in [0.1, 0.15) is 41.0 Å². The summed E-state index contributed by atoms with van der Waals surface area (Å²) in [5.74, 6) is 1.88. The fourth-order valence-corrected chi connectivity index (χ4v) is 5.68. The van der Waals surface area contributed by atoms with Crippen LogP contribution in [0.25, 0.3) is 5.69 Å². The van der Waals surface area contributed by atoms with Crippen LogP contribution in [0.4, 0.5) is 5.82 Å². The van der Waals surface area contributed by atoms with Crippen molar-refractivity contribution in [2.75, 3.05) is 38.3 Å². The van der Waals surface area contributed by atoms with Crippen LogP contribution >= 0.6 is 23.2 Å². The number of hydrogen-bond donors (Lipinski definition) is 1. The summed E-state index contributed by atoms with van der Waals surface area (Å²) < 4.78 is 13.0. The Morgan fingerprint density at radius 1 is 1.05 bits per heavy atom. The third-order valence-electron chi connectivity index (χ3n) is 7.60. The van der Waals surface area contributed by atoms with E-state index in [0.717, 1.165) is 51.4 Å². The second kappa shape index (κ2) is 10.6. The quantitative estimate of drug-likeness (QED) is 0.458. The number of amides is 1. The van der Waals surface area contributed by atoms with Gasteiger partial charge in [-0.05, 0) is 74.9 Å². The van der Waals surface area contributed by atoms with Crippen molar-refractivity contribution in [1.82, 2.24) is 14.9 Å². The molecule has 0 saturated carbocycles. The molecule has 8 nitrogen and oxygen atoms in total. The highest BCUT2D eigenvalue weighted by molar-refractivity contribution is 6.44. The zero-order valence-corrected chi connectivity index (χ0v) is 23.2. The first kappa shape index (κ1) is 26.5. The minimum Gasteiger partial charge on any atom is -0.456 e. The van der Waals surface area contributed by atoms with Crippen molar-refractivity contribution < 1.29 is 14.3 Å². The molecule has 1 amide bonds. The number of nitrogens with zero attached hydrogens (tertiary/aromatic N) is 3. The predicted molar refractivity (Wildman–Crippen MR) is 149 cm³/mol. The molecule has 2 fully saturated rings. The molecule has 3 heterocycles. The summed E-state index contributed by atoms with van der Waals surface area (Å²) in [6, 6.07) is 10.0. The molecule has 0 radical (unpaired) electrons. The summed E-state index contributed by atoms with van der Waals surface area (Å²) in [4.78, 5) is 32.4. The number of aromatic nitrogens is 2. The Labute approximate surface area is 231 Å². The van der Waals surface area contributed by atoms with E-state index in [1.807, 2.05) is 0 Å². The van der Waals surface area contributed by atoms with Gasteiger partial charge in [-0.2, -0.15) is 0 Å². The summed E-state index contributed by atoms with van der Waals surface area (Å²) in [6.45, 7) is 6.96. The normalized spacial score (nSPS) is 16.6. The van der Waals surface area contributed by atoms with Gasteiger partial charge in [0.1, 0.15) is 28.2 Å². The molecule has 5 rings (SSSR count). The topological polar surface area (TPSA) is 85.7 Å².